The summed E-state index contributed by atoms with van der Waals surface area (Å²) < 4.78 is 35.7. The third-order valence-corrected chi connectivity index (χ3v) is 15.4. The van der Waals surface area contributed by atoms with Gasteiger partial charge in [0.25, 0.3) is 0 Å². The second-order valence-corrected chi connectivity index (χ2v) is 18.1. The van der Waals surface area contributed by atoms with Gasteiger partial charge in [-0.2, -0.15) is 0 Å². The van der Waals surface area contributed by atoms with Gasteiger partial charge in [-0.15, -0.1) is 0 Å². The molecule has 4 aliphatic carbocycles. The monoisotopic (exact) mass is 752 g/mol. The van der Waals surface area contributed by atoms with Crippen LogP contribution in [0.1, 0.15) is 92.4 Å². The molecule has 0 aromatic heterocycles. The number of carbonyl (C=O) groups excluding carboxylic acids is 1. The van der Waals surface area contributed by atoms with E-state index in [4.69, 9.17) is 28.4 Å². The molecule has 6 fully saturated rings. The Labute approximate surface area is 313 Å². The molecule has 21 atom stereocenters. The zero-order chi connectivity index (χ0) is 38.1. The predicted octanol–water partition coefficient (Wildman–Crippen LogP) is 2.21. The highest BCUT2D eigenvalue weighted by Crippen LogP contribution is 2.67. The van der Waals surface area contributed by atoms with Gasteiger partial charge < -0.3 is 59.1 Å². The molecular formula is C40H64O13. The third-order valence-electron chi connectivity index (χ3n) is 15.4. The number of hydrogen-bond acceptors (Lipinski definition) is 13. The van der Waals surface area contributed by atoms with Gasteiger partial charge in [0.1, 0.15) is 42.7 Å². The van der Waals surface area contributed by atoms with Crippen molar-refractivity contribution < 1.29 is 63.9 Å². The van der Waals surface area contributed by atoms with Crippen molar-refractivity contribution >= 4 is 5.78 Å². The van der Waals surface area contributed by atoms with E-state index >= 15 is 0 Å². The lowest BCUT2D eigenvalue weighted by molar-refractivity contribution is -0.371. The Bertz CT molecular complexity index is 1350. The van der Waals surface area contributed by atoms with Crippen LogP contribution in [0.5, 0.6) is 0 Å². The molecule has 0 aromatic carbocycles. The number of aliphatic hydroxyl groups excluding tert-OH is 6. The standard InChI is InChI=1S/C40H64O13/c1-18-7-10-28(51-36(18)47)19(2)23-8-9-24-22-16-27(42)26-15-21(11-13-40(26,5)25(22)12-14-39(23,24)4)50-38-35(32(45)31(44)29(17-41)52-38)53-37-33(46)34(48-6)30(43)20(3)49-37/h16,18-21,23-26,28-38,41,43-47H,7-15,17H2,1-6H3. The normalized spacial score (nSPS) is 53.7. The van der Waals surface area contributed by atoms with Crippen LogP contribution in [0.2, 0.25) is 0 Å². The van der Waals surface area contributed by atoms with Gasteiger partial charge >= 0.3 is 0 Å². The lowest BCUT2D eigenvalue weighted by Gasteiger charge is -2.57. The number of rotatable bonds is 8. The highest BCUT2D eigenvalue weighted by molar-refractivity contribution is 5.94. The van der Waals surface area contributed by atoms with Crippen molar-refractivity contribution in [2.75, 3.05) is 13.7 Å². The molecular weight excluding hydrogens is 688 g/mol. The smallest absolute Gasteiger partial charge is 0.187 e. The van der Waals surface area contributed by atoms with Crippen molar-refractivity contribution in [1.29, 1.82) is 0 Å². The Morgan fingerprint density at radius 2 is 1.51 bits per heavy atom. The number of methoxy groups -OCH3 is 1. The molecule has 0 bridgehead atoms. The van der Waals surface area contributed by atoms with E-state index in [2.05, 4.69) is 20.8 Å². The van der Waals surface area contributed by atoms with Crippen molar-refractivity contribution in [3.05, 3.63) is 11.6 Å². The van der Waals surface area contributed by atoms with E-state index in [9.17, 15) is 35.4 Å². The maximum Gasteiger partial charge on any atom is 0.187 e. The first-order valence-corrected chi connectivity index (χ1v) is 20.2. The summed E-state index contributed by atoms with van der Waals surface area (Å²) in [6.45, 7) is 10.1. The molecule has 0 amide bonds. The van der Waals surface area contributed by atoms with E-state index in [0.717, 1.165) is 44.9 Å². The number of allylic oxidation sites excluding steroid dienone is 2. The lowest BCUT2D eigenvalue weighted by atomic mass is 9.47. The predicted molar refractivity (Wildman–Crippen MR) is 189 cm³/mol. The first kappa shape index (κ1) is 40.1. The topological polar surface area (TPSA) is 194 Å². The van der Waals surface area contributed by atoms with Crippen molar-refractivity contribution in [1.82, 2.24) is 0 Å². The molecule has 0 spiro atoms. The highest BCUT2D eigenvalue weighted by atomic mass is 16.8. The number of fused-ring (bicyclic) bond motifs is 5. The van der Waals surface area contributed by atoms with Crippen LogP contribution >= 0.6 is 0 Å². The van der Waals surface area contributed by atoms with Gasteiger partial charge in [0, 0.05) is 18.9 Å². The first-order valence-electron chi connectivity index (χ1n) is 20.2. The number of aliphatic hydroxyl groups is 6. The number of carbonyl (C=O) groups is 1. The summed E-state index contributed by atoms with van der Waals surface area (Å²) in [6, 6.07) is 0. The van der Waals surface area contributed by atoms with Crippen molar-refractivity contribution in [2.45, 2.75) is 172 Å². The van der Waals surface area contributed by atoms with E-state index in [1.54, 1.807) is 6.92 Å². The minimum atomic E-state index is -1.56. The first-order chi connectivity index (χ1) is 25.1. The molecule has 13 nitrogen and oxygen atoms in total. The van der Waals surface area contributed by atoms with Crippen molar-refractivity contribution in [3.8, 4) is 0 Å². The summed E-state index contributed by atoms with van der Waals surface area (Å²) in [5.41, 5.74) is 1.15. The van der Waals surface area contributed by atoms with E-state index in [1.807, 2.05) is 13.0 Å². The van der Waals surface area contributed by atoms with E-state index in [-0.39, 0.29) is 34.6 Å². The molecule has 13 heteroatoms. The lowest BCUT2D eigenvalue weighted by Crippen LogP contribution is -2.64. The van der Waals surface area contributed by atoms with Gasteiger partial charge in [-0.05, 0) is 105 Å². The summed E-state index contributed by atoms with van der Waals surface area (Å²) in [6.07, 6.45) is -3.57. The molecule has 3 aliphatic heterocycles. The molecule has 21 unspecified atom stereocenters. The molecule has 6 N–H and O–H groups in total. The molecule has 7 rings (SSSR count). The summed E-state index contributed by atoms with van der Waals surface area (Å²) in [4.78, 5) is 14.2. The second-order valence-electron chi connectivity index (χ2n) is 18.1. The highest BCUT2D eigenvalue weighted by Gasteiger charge is 2.61. The molecule has 7 aliphatic rings. The molecule has 0 radical (unpaired) electrons. The van der Waals surface area contributed by atoms with Gasteiger partial charge in [-0.25, -0.2) is 0 Å². The number of ketones is 1. The molecule has 302 valence electrons. The third kappa shape index (κ3) is 6.90. The fourth-order valence-electron chi connectivity index (χ4n) is 12.0. The molecule has 3 saturated heterocycles. The maximum absolute atomic E-state index is 14.2. The van der Waals surface area contributed by atoms with Gasteiger partial charge in [-0.1, -0.05) is 33.3 Å². The van der Waals surface area contributed by atoms with Gasteiger partial charge in [0.15, 0.2) is 24.7 Å². The van der Waals surface area contributed by atoms with Crippen LogP contribution in [0.25, 0.3) is 0 Å². The van der Waals surface area contributed by atoms with Crippen molar-refractivity contribution in [2.24, 2.45) is 46.3 Å². The summed E-state index contributed by atoms with van der Waals surface area (Å²) in [5.74, 6) is 1.43. The minimum absolute atomic E-state index is 0.0489. The average molecular weight is 753 g/mol. The van der Waals surface area contributed by atoms with Crippen LogP contribution in [0.4, 0.5) is 0 Å². The zero-order valence-corrected chi connectivity index (χ0v) is 32.2. The quantitative estimate of drug-likeness (QED) is 0.212. The van der Waals surface area contributed by atoms with Crippen LogP contribution in [0.15, 0.2) is 11.6 Å². The van der Waals surface area contributed by atoms with Crippen LogP contribution in [0, 0.1) is 46.3 Å². The Hall–Kier alpha value is -1.07. The molecule has 0 aromatic rings. The molecule has 3 heterocycles. The summed E-state index contributed by atoms with van der Waals surface area (Å²) in [7, 11) is 1.35. The van der Waals surface area contributed by atoms with Crippen molar-refractivity contribution in [3.63, 3.8) is 0 Å². The Morgan fingerprint density at radius 1 is 0.792 bits per heavy atom. The van der Waals surface area contributed by atoms with Gasteiger partial charge in [0.05, 0.1) is 24.9 Å². The minimum Gasteiger partial charge on any atom is -0.394 e. The zero-order valence-electron chi connectivity index (χ0n) is 32.2. The SMILES string of the molecule is COC1C(O)C(C)OC(OC2C(OC3CCC4(C)C(C3)C(=O)C=C3C4CCC4(C)C3CCC4C(C)C3CCC(C)C(O)O3)OC(CO)C(O)C2O)C1O. The second kappa shape index (κ2) is 15.4. The van der Waals surface area contributed by atoms with Crippen LogP contribution in [-0.4, -0.2) is 130 Å². The largest absolute Gasteiger partial charge is 0.394 e. The Kier molecular flexibility index (Phi) is 11.6. The molecule has 3 saturated carbocycles. The number of ether oxygens (including phenoxy) is 6. The van der Waals surface area contributed by atoms with E-state index in [1.165, 1.54) is 12.7 Å². The maximum atomic E-state index is 14.2. The van der Waals surface area contributed by atoms with Gasteiger partial charge in [-0.3, -0.25) is 4.79 Å². The van der Waals surface area contributed by atoms with Crippen LogP contribution < -0.4 is 0 Å². The fourth-order valence-corrected chi connectivity index (χ4v) is 12.0. The van der Waals surface area contributed by atoms with Gasteiger partial charge in [0.2, 0.25) is 0 Å². The van der Waals surface area contributed by atoms with E-state index in [0.29, 0.717) is 36.5 Å². The molecule has 53 heavy (non-hydrogen) atoms. The Balaban J connectivity index is 1.06. The summed E-state index contributed by atoms with van der Waals surface area (Å²) in [5, 5.41) is 63.8. The number of hydrogen-bond donors (Lipinski definition) is 6. The Morgan fingerprint density at radius 3 is 2.21 bits per heavy atom. The fraction of sp³-hybridized carbons (Fsp3) is 0.925. The average Bonchev–Trinajstić information content (AvgIpc) is 3.49. The van der Waals surface area contributed by atoms with Crippen LogP contribution in [0.3, 0.4) is 0 Å². The van der Waals surface area contributed by atoms with Crippen LogP contribution in [-0.2, 0) is 33.2 Å². The van der Waals surface area contributed by atoms with E-state index < -0.39 is 80.4 Å². The summed E-state index contributed by atoms with van der Waals surface area (Å²) >= 11 is 0.